The normalized spacial score (nSPS) is 24.1. The predicted octanol–water partition coefficient (Wildman–Crippen LogP) is 3.05. The number of hydrogen-bond acceptors (Lipinski definition) is 3. The van der Waals surface area contributed by atoms with Crippen molar-refractivity contribution in [2.75, 3.05) is 13.1 Å². The van der Waals surface area contributed by atoms with Crippen LogP contribution in [-0.2, 0) is 17.9 Å². The van der Waals surface area contributed by atoms with E-state index < -0.39 is 0 Å². The summed E-state index contributed by atoms with van der Waals surface area (Å²) in [5.74, 6) is 0.0403. The topological polar surface area (TPSA) is 58.4 Å². The third-order valence-corrected chi connectivity index (χ3v) is 5.43. The van der Waals surface area contributed by atoms with E-state index in [4.69, 9.17) is 5.73 Å². The van der Waals surface area contributed by atoms with Crippen molar-refractivity contribution in [2.24, 2.45) is 11.7 Å². The summed E-state index contributed by atoms with van der Waals surface area (Å²) in [4.78, 5) is 15.0. The summed E-state index contributed by atoms with van der Waals surface area (Å²) in [6, 6.07) is 8.39. The molecule has 0 spiro atoms. The maximum Gasteiger partial charge on any atom is 0.225 e. The van der Waals surface area contributed by atoms with Gasteiger partial charge in [-0.3, -0.25) is 9.69 Å². The minimum Gasteiger partial charge on any atom is -0.352 e. The van der Waals surface area contributed by atoms with Crippen LogP contribution in [0.4, 0.5) is 0 Å². The molecule has 2 unspecified atom stereocenters. The molecule has 134 valence electrons. The van der Waals surface area contributed by atoms with Crippen molar-refractivity contribution in [3.05, 3.63) is 35.4 Å². The Morgan fingerprint density at radius 1 is 1.25 bits per heavy atom. The van der Waals surface area contributed by atoms with E-state index in [1.54, 1.807) is 0 Å². The van der Waals surface area contributed by atoms with Gasteiger partial charge in [0.25, 0.3) is 0 Å². The van der Waals surface area contributed by atoms with Crippen LogP contribution < -0.4 is 11.1 Å². The van der Waals surface area contributed by atoms with E-state index in [9.17, 15) is 4.79 Å². The minimum absolute atomic E-state index is 0.0683. The lowest BCUT2D eigenvalue weighted by atomic mass is 9.74. The molecule has 4 heteroatoms. The smallest absolute Gasteiger partial charge is 0.225 e. The lowest BCUT2D eigenvalue weighted by Gasteiger charge is -2.37. The lowest BCUT2D eigenvalue weighted by molar-refractivity contribution is -0.128. The zero-order valence-corrected chi connectivity index (χ0v) is 15.5. The maximum atomic E-state index is 12.6. The molecule has 1 aliphatic rings. The largest absolute Gasteiger partial charge is 0.352 e. The fraction of sp³-hybridized carbons (Fsp3) is 0.650. The van der Waals surface area contributed by atoms with Gasteiger partial charge in [-0.25, -0.2) is 0 Å². The molecule has 1 saturated carbocycles. The Morgan fingerprint density at radius 2 is 1.92 bits per heavy atom. The summed E-state index contributed by atoms with van der Waals surface area (Å²) >= 11 is 0. The molecule has 0 heterocycles. The van der Waals surface area contributed by atoms with Crippen LogP contribution in [-0.4, -0.2) is 29.4 Å². The first kappa shape index (κ1) is 18.9. The molecule has 1 aromatic carbocycles. The number of amides is 1. The molecular weight excluding hydrogens is 298 g/mol. The van der Waals surface area contributed by atoms with E-state index in [0.717, 1.165) is 45.3 Å². The molecular formula is C20H33N3O. The number of carbonyl (C=O) groups excluding carboxylic acids is 1. The van der Waals surface area contributed by atoms with E-state index in [1.807, 2.05) is 13.0 Å². The highest BCUT2D eigenvalue weighted by Crippen LogP contribution is 2.31. The molecule has 1 aromatic rings. The van der Waals surface area contributed by atoms with Gasteiger partial charge in [0.1, 0.15) is 0 Å². The van der Waals surface area contributed by atoms with Gasteiger partial charge in [-0.2, -0.15) is 0 Å². The third-order valence-electron chi connectivity index (χ3n) is 5.43. The van der Waals surface area contributed by atoms with Crippen molar-refractivity contribution in [1.29, 1.82) is 0 Å². The highest BCUT2D eigenvalue weighted by molar-refractivity contribution is 5.80. The number of benzene rings is 1. The van der Waals surface area contributed by atoms with Crippen molar-refractivity contribution in [3.63, 3.8) is 0 Å². The van der Waals surface area contributed by atoms with Gasteiger partial charge in [0.2, 0.25) is 5.91 Å². The second-order valence-corrected chi connectivity index (χ2v) is 7.25. The highest BCUT2D eigenvalue weighted by atomic mass is 16.1. The molecule has 1 amide bonds. The number of nitrogens with one attached hydrogen (secondary N) is 1. The van der Waals surface area contributed by atoms with Crippen molar-refractivity contribution < 1.29 is 4.79 Å². The van der Waals surface area contributed by atoms with Crippen LogP contribution in [0.5, 0.6) is 0 Å². The van der Waals surface area contributed by atoms with Gasteiger partial charge in [-0.1, -0.05) is 51.0 Å². The Bertz CT molecular complexity index is 537. The SMILES string of the molecule is CCN(CC)Cc1ccccc1CNC(=O)C1CCCCC1(C)N. The summed E-state index contributed by atoms with van der Waals surface area (Å²) < 4.78 is 0. The van der Waals surface area contributed by atoms with Crippen molar-refractivity contribution in [1.82, 2.24) is 10.2 Å². The molecule has 1 fully saturated rings. The zero-order chi connectivity index (χ0) is 17.6. The summed E-state index contributed by atoms with van der Waals surface area (Å²) in [7, 11) is 0. The standard InChI is InChI=1S/C20H33N3O/c1-4-23(5-2)15-17-11-7-6-10-16(17)14-22-19(24)18-12-8-9-13-20(18,3)21/h6-7,10-11,18H,4-5,8-9,12-15,21H2,1-3H3,(H,22,24). The summed E-state index contributed by atoms with van der Waals surface area (Å²) in [6.07, 6.45) is 4.07. The van der Waals surface area contributed by atoms with E-state index in [2.05, 4.69) is 42.3 Å². The zero-order valence-electron chi connectivity index (χ0n) is 15.5. The molecule has 0 aliphatic heterocycles. The highest BCUT2D eigenvalue weighted by Gasteiger charge is 2.37. The number of hydrogen-bond donors (Lipinski definition) is 2. The molecule has 3 N–H and O–H groups in total. The Kier molecular flexibility index (Phi) is 6.81. The number of nitrogens with zero attached hydrogens (tertiary/aromatic N) is 1. The molecule has 2 rings (SSSR count). The van der Waals surface area contributed by atoms with Gasteiger partial charge in [0.15, 0.2) is 0 Å². The van der Waals surface area contributed by atoms with Gasteiger partial charge in [0, 0.05) is 18.6 Å². The van der Waals surface area contributed by atoms with Gasteiger partial charge < -0.3 is 11.1 Å². The molecule has 0 radical (unpaired) electrons. The van der Waals surface area contributed by atoms with E-state index >= 15 is 0 Å². The van der Waals surface area contributed by atoms with Gasteiger partial charge in [-0.15, -0.1) is 0 Å². The Morgan fingerprint density at radius 3 is 2.54 bits per heavy atom. The number of carbonyl (C=O) groups is 1. The van der Waals surface area contributed by atoms with Crippen molar-refractivity contribution in [3.8, 4) is 0 Å². The first-order valence-corrected chi connectivity index (χ1v) is 9.33. The van der Waals surface area contributed by atoms with Crippen LogP contribution in [0.15, 0.2) is 24.3 Å². The molecule has 0 saturated heterocycles. The number of rotatable bonds is 7. The summed E-state index contributed by atoms with van der Waals surface area (Å²) in [5.41, 5.74) is 8.48. The van der Waals surface area contributed by atoms with Gasteiger partial charge >= 0.3 is 0 Å². The quantitative estimate of drug-likeness (QED) is 0.807. The van der Waals surface area contributed by atoms with Crippen molar-refractivity contribution >= 4 is 5.91 Å². The average Bonchev–Trinajstić information content (AvgIpc) is 2.58. The van der Waals surface area contributed by atoms with E-state index in [1.165, 1.54) is 11.1 Å². The Labute approximate surface area is 146 Å². The second kappa shape index (κ2) is 8.63. The fourth-order valence-corrected chi connectivity index (χ4v) is 3.67. The maximum absolute atomic E-state index is 12.6. The molecule has 0 bridgehead atoms. The first-order valence-electron chi connectivity index (χ1n) is 9.33. The fourth-order valence-electron chi connectivity index (χ4n) is 3.67. The van der Waals surface area contributed by atoms with Crippen LogP contribution in [0.1, 0.15) is 57.6 Å². The molecule has 24 heavy (non-hydrogen) atoms. The third kappa shape index (κ3) is 4.81. The molecule has 2 atom stereocenters. The number of nitrogens with two attached hydrogens (primary N) is 1. The van der Waals surface area contributed by atoms with Crippen molar-refractivity contribution in [2.45, 2.75) is 65.1 Å². The minimum atomic E-state index is -0.372. The van der Waals surface area contributed by atoms with E-state index in [-0.39, 0.29) is 17.4 Å². The van der Waals surface area contributed by atoms with E-state index in [0.29, 0.717) is 6.54 Å². The molecule has 1 aliphatic carbocycles. The second-order valence-electron chi connectivity index (χ2n) is 7.25. The predicted molar refractivity (Wildman–Crippen MR) is 99.5 cm³/mol. The Balaban J connectivity index is 2.00. The molecule has 4 nitrogen and oxygen atoms in total. The van der Waals surface area contributed by atoms with Crippen LogP contribution in [0.25, 0.3) is 0 Å². The molecule has 0 aromatic heterocycles. The first-order chi connectivity index (χ1) is 11.5. The van der Waals surface area contributed by atoms with Crippen LogP contribution in [0.2, 0.25) is 0 Å². The summed E-state index contributed by atoms with van der Waals surface area (Å²) in [6.45, 7) is 9.96. The van der Waals surface area contributed by atoms with Crippen LogP contribution in [0.3, 0.4) is 0 Å². The van der Waals surface area contributed by atoms with Gasteiger partial charge in [0.05, 0.1) is 5.92 Å². The lowest BCUT2D eigenvalue weighted by Crippen LogP contribution is -2.52. The van der Waals surface area contributed by atoms with Crippen LogP contribution in [0, 0.1) is 5.92 Å². The monoisotopic (exact) mass is 331 g/mol. The Hall–Kier alpha value is -1.39. The van der Waals surface area contributed by atoms with Gasteiger partial charge in [-0.05, 0) is 44.0 Å². The average molecular weight is 332 g/mol. The van der Waals surface area contributed by atoms with Crippen LogP contribution >= 0.6 is 0 Å². The summed E-state index contributed by atoms with van der Waals surface area (Å²) in [5, 5.41) is 3.14.